The fourth-order valence-corrected chi connectivity index (χ4v) is 6.25. The van der Waals surface area contributed by atoms with Gasteiger partial charge in [0, 0.05) is 61.9 Å². The van der Waals surface area contributed by atoms with Crippen LogP contribution in [0.1, 0.15) is 13.3 Å². The average Bonchev–Trinajstić information content (AvgIpc) is 2.85. The van der Waals surface area contributed by atoms with E-state index < -0.39 is 16.0 Å². The summed E-state index contributed by atoms with van der Waals surface area (Å²) in [5.74, 6) is 2.02. The van der Waals surface area contributed by atoms with E-state index in [1.807, 2.05) is 35.4 Å². The molecule has 2 aromatic heterocycles. The lowest BCUT2D eigenvalue weighted by molar-refractivity contribution is 0.0194. The van der Waals surface area contributed by atoms with Crippen molar-refractivity contribution >= 4 is 43.9 Å². The van der Waals surface area contributed by atoms with Crippen molar-refractivity contribution in [3.05, 3.63) is 42.7 Å². The fraction of sp³-hybridized carbons (Fsp3) is 0.480. The Morgan fingerprint density at radius 2 is 2.03 bits per heavy atom. The summed E-state index contributed by atoms with van der Waals surface area (Å²) >= 11 is 0. The smallest absolute Gasteiger partial charge is 0.227 e. The minimum Gasteiger partial charge on any atom is -0.378 e. The Labute approximate surface area is 210 Å². The van der Waals surface area contributed by atoms with Crippen LogP contribution in [0.15, 0.2) is 42.7 Å². The van der Waals surface area contributed by atoms with E-state index in [0.29, 0.717) is 37.1 Å². The predicted octanol–water partition coefficient (Wildman–Crippen LogP) is 3.20. The molecule has 0 spiro atoms. The molecule has 0 radical (unpaired) electrons. The maximum atomic E-state index is 14.3. The van der Waals surface area contributed by atoms with Crippen LogP contribution in [0, 0.1) is 5.92 Å². The Hall–Kier alpha value is -3.05. The van der Waals surface area contributed by atoms with Crippen molar-refractivity contribution in [3.63, 3.8) is 0 Å². The van der Waals surface area contributed by atoms with Gasteiger partial charge < -0.3 is 19.9 Å². The Balaban J connectivity index is 1.31. The van der Waals surface area contributed by atoms with Gasteiger partial charge in [0.1, 0.15) is 27.6 Å². The number of benzene rings is 1. The van der Waals surface area contributed by atoms with Crippen LogP contribution in [0.25, 0.3) is 10.8 Å². The quantitative estimate of drug-likeness (QED) is 0.509. The van der Waals surface area contributed by atoms with Crippen LogP contribution >= 0.6 is 0 Å². The SMILES string of the molecule is CO[C@@H]1CCN(c2nccc(Nc3cc4cccc(N5C[C@H](CS(C)(=O)=O)[C@H]5C)c4cn3)n2)C[C@@H]1F. The van der Waals surface area contributed by atoms with Gasteiger partial charge >= 0.3 is 0 Å². The van der Waals surface area contributed by atoms with E-state index >= 15 is 0 Å². The fourth-order valence-electron chi connectivity index (χ4n) is 5.09. The summed E-state index contributed by atoms with van der Waals surface area (Å²) in [6, 6.07) is 9.92. The van der Waals surface area contributed by atoms with Crippen LogP contribution in [0.2, 0.25) is 0 Å². The van der Waals surface area contributed by atoms with Crippen molar-refractivity contribution in [3.8, 4) is 0 Å². The molecule has 2 aliphatic rings. The zero-order chi connectivity index (χ0) is 25.4. The summed E-state index contributed by atoms with van der Waals surface area (Å²) in [4.78, 5) is 17.6. The standard InChI is InChI=1S/C25H31FN6O3S/c1-16-18(15-36(3,33)34)13-32(16)21-6-4-5-17-11-24(28-12-19(17)21)29-23-7-9-27-25(30-23)31-10-8-22(35-2)20(26)14-31/h4-7,9,11-12,16,18,20,22H,8,10,13-15H2,1-3H3,(H,27,28,29,30)/t16-,18-,20+,22-/m1/s1. The highest BCUT2D eigenvalue weighted by atomic mass is 32.2. The molecule has 5 rings (SSSR count). The van der Waals surface area contributed by atoms with Crippen LogP contribution in [-0.2, 0) is 14.6 Å². The maximum Gasteiger partial charge on any atom is 0.227 e. The number of ether oxygens (including phenoxy) is 1. The van der Waals surface area contributed by atoms with Gasteiger partial charge in [0.05, 0.1) is 18.4 Å². The number of hydrogen-bond acceptors (Lipinski definition) is 9. The number of pyridine rings is 1. The summed E-state index contributed by atoms with van der Waals surface area (Å²) in [6.45, 7) is 3.59. The molecule has 11 heteroatoms. The van der Waals surface area contributed by atoms with Gasteiger partial charge in [-0.25, -0.2) is 22.8 Å². The van der Waals surface area contributed by atoms with E-state index in [1.165, 1.54) is 13.4 Å². The van der Waals surface area contributed by atoms with Crippen molar-refractivity contribution in [1.29, 1.82) is 0 Å². The molecule has 2 fully saturated rings. The molecule has 4 atom stereocenters. The molecule has 192 valence electrons. The first kappa shape index (κ1) is 24.6. The maximum absolute atomic E-state index is 14.3. The van der Waals surface area contributed by atoms with Gasteiger partial charge in [-0.1, -0.05) is 12.1 Å². The third kappa shape index (κ3) is 5.08. The number of methoxy groups -OCH3 is 1. The average molecular weight is 515 g/mol. The van der Waals surface area contributed by atoms with Crippen LogP contribution in [0.4, 0.5) is 27.7 Å². The molecule has 3 aromatic rings. The largest absolute Gasteiger partial charge is 0.378 e. The highest BCUT2D eigenvalue weighted by molar-refractivity contribution is 7.90. The molecule has 0 unspecified atom stereocenters. The van der Waals surface area contributed by atoms with Crippen LogP contribution < -0.4 is 15.1 Å². The lowest BCUT2D eigenvalue weighted by Gasteiger charge is -2.48. The zero-order valence-electron chi connectivity index (χ0n) is 20.6. The number of alkyl halides is 1. The van der Waals surface area contributed by atoms with Gasteiger partial charge in [0.15, 0.2) is 0 Å². The number of nitrogens with zero attached hydrogens (tertiary/aromatic N) is 5. The molecule has 2 aliphatic heterocycles. The molecule has 36 heavy (non-hydrogen) atoms. The summed E-state index contributed by atoms with van der Waals surface area (Å²) in [5.41, 5.74) is 1.05. The number of sulfone groups is 1. The van der Waals surface area contributed by atoms with Gasteiger partial charge in [0.2, 0.25) is 5.95 Å². The second-order valence-electron chi connectivity index (χ2n) is 9.71. The summed E-state index contributed by atoms with van der Waals surface area (Å²) in [6.07, 6.45) is 3.88. The molecular weight excluding hydrogens is 483 g/mol. The minimum atomic E-state index is -3.00. The number of hydrogen-bond donors (Lipinski definition) is 1. The van der Waals surface area contributed by atoms with E-state index in [0.717, 1.165) is 16.5 Å². The predicted molar refractivity (Wildman–Crippen MR) is 140 cm³/mol. The Morgan fingerprint density at radius 1 is 1.19 bits per heavy atom. The van der Waals surface area contributed by atoms with Crippen molar-refractivity contribution < 1.29 is 17.5 Å². The molecule has 0 aliphatic carbocycles. The number of anilines is 4. The van der Waals surface area contributed by atoms with Gasteiger partial charge in [-0.05, 0) is 36.9 Å². The number of halogens is 1. The number of nitrogens with one attached hydrogen (secondary N) is 1. The zero-order valence-corrected chi connectivity index (χ0v) is 21.4. The number of rotatable bonds is 7. The van der Waals surface area contributed by atoms with E-state index in [-0.39, 0.29) is 30.4 Å². The molecule has 2 saturated heterocycles. The highest BCUT2D eigenvalue weighted by Gasteiger charge is 2.38. The first-order chi connectivity index (χ1) is 17.2. The molecular formula is C25H31FN6O3S. The monoisotopic (exact) mass is 514 g/mol. The number of piperidine rings is 1. The molecule has 9 nitrogen and oxygen atoms in total. The van der Waals surface area contributed by atoms with Gasteiger partial charge in [-0.2, -0.15) is 4.98 Å². The van der Waals surface area contributed by atoms with E-state index in [2.05, 4.69) is 32.1 Å². The Morgan fingerprint density at radius 3 is 2.75 bits per heavy atom. The van der Waals surface area contributed by atoms with Crippen molar-refractivity contribution in [1.82, 2.24) is 15.0 Å². The Bertz CT molecular complexity index is 1360. The Kier molecular flexibility index (Phi) is 6.69. The van der Waals surface area contributed by atoms with Crippen LogP contribution in [-0.4, -0.2) is 80.4 Å². The van der Waals surface area contributed by atoms with Crippen molar-refractivity contribution in [2.24, 2.45) is 5.92 Å². The number of aromatic nitrogens is 3. The topological polar surface area (TPSA) is 101 Å². The van der Waals surface area contributed by atoms with E-state index in [9.17, 15) is 12.8 Å². The van der Waals surface area contributed by atoms with Gasteiger partial charge in [0.25, 0.3) is 0 Å². The van der Waals surface area contributed by atoms with Crippen molar-refractivity contribution in [2.75, 3.05) is 53.9 Å². The molecule has 0 amide bonds. The molecule has 0 bridgehead atoms. The summed E-state index contributed by atoms with van der Waals surface area (Å²) in [7, 11) is -1.47. The summed E-state index contributed by atoms with van der Waals surface area (Å²) in [5, 5.41) is 5.26. The molecule has 0 saturated carbocycles. The van der Waals surface area contributed by atoms with Crippen LogP contribution in [0.3, 0.4) is 0 Å². The molecule has 4 heterocycles. The first-order valence-corrected chi connectivity index (χ1v) is 14.1. The minimum absolute atomic E-state index is 0.129. The normalized spacial score (nSPS) is 24.6. The highest BCUT2D eigenvalue weighted by Crippen LogP contribution is 2.37. The van der Waals surface area contributed by atoms with E-state index in [1.54, 1.807) is 12.3 Å². The van der Waals surface area contributed by atoms with Gasteiger partial charge in [-0.3, -0.25) is 0 Å². The second kappa shape index (κ2) is 9.78. The van der Waals surface area contributed by atoms with Crippen molar-refractivity contribution in [2.45, 2.75) is 31.7 Å². The third-order valence-corrected chi connectivity index (χ3v) is 8.17. The number of fused-ring (bicyclic) bond motifs is 1. The van der Waals surface area contributed by atoms with Crippen LogP contribution in [0.5, 0.6) is 0 Å². The lowest BCUT2D eigenvalue weighted by atomic mass is 9.90. The molecule has 1 N–H and O–H groups in total. The van der Waals surface area contributed by atoms with Gasteiger partial charge in [-0.15, -0.1) is 0 Å². The third-order valence-electron chi connectivity index (χ3n) is 7.14. The van der Waals surface area contributed by atoms with E-state index in [4.69, 9.17) is 4.74 Å². The first-order valence-electron chi connectivity index (χ1n) is 12.1. The molecule has 1 aromatic carbocycles. The lowest BCUT2D eigenvalue weighted by Crippen LogP contribution is -2.57. The second-order valence-corrected chi connectivity index (χ2v) is 11.9. The summed E-state index contributed by atoms with van der Waals surface area (Å²) < 4.78 is 42.9.